The Balaban J connectivity index is 1.88. The van der Waals surface area contributed by atoms with Crippen LogP contribution in [-0.2, 0) is 4.79 Å². The average Bonchev–Trinajstić information content (AvgIpc) is 2.57. The van der Waals surface area contributed by atoms with Crippen molar-refractivity contribution >= 4 is 5.97 Å². The van der Waals surface area contributed by atoms with E-state index in [1.54, 1.807) is 0 Å². The lowest BCUT2D eigenvalue weighted by Crippen LogP contribution is -2.39. The Morgan fingerprint density at radius 1 is 1.05 bits per heavy atom. The fourth-order valence-corrected chi connectivity index (χ4v) is 2.89. The maximum Gasteiger partial charge on any atom is 0.312 e. The second-order valence-corrected chi connectivity index (χ2v) is 5.50. The zero-order chi connectivity index (χ0) is 15.4. The van der Waals surface area contributed by atoms with E-state index in [0.29, 0.717) is 0 Å². The van der Waals surface area contributed by atoms with Crippen LogP contribution in [0.5, 0.6) is 0 Å². The Bertz CT molecular complexity index is 662. The van der Waals surface area contributed by atoms with Gasteiger partial charge >= 0.3 is 5.97 Å². The molecule has 3 nitrogen and oxygen atoms in total. The Hall–Kier alpha value is -2.39. The number of aliphatic carboxylic acids is 1. The molecule has 112 valence electrons. The number of carboxylic acid groups (broad SMARTS) is 1. The largest absolute Gasteiger partial charge is 0.481 e. The van der Waals surface area contributed by atoms with Crippen LogP contribution >= 0.6 is 0 Å². The summed E-state index contributed by atoms with van der Waals surface area (Å²) >= 11 is 0. The van der Waals surface area contributed by atoms with Crippen LogP contribution in [-0.4, -0.2) is 23.7 Å². The summed E-state index contributed by atoms with van der Waals surface area (Å²) in [5.41, 5.74) is 3.06. The molecular weight excluding hydrogens is 274 g/mol. The molecule has 2 N–H and O–H groups in total. The molecule has 2 atom stereocenters. The first-order valence-electron chi connectivity index (χ1n) is 7.54. The number of benzene rings is 2. The zero-order valence-electron chi connectivity index (χ0n) is 12.3. The lowest BCUT2D eigenvalue weighted by atomic mass is 9.89. The normalized spacial score (nSPS) is 18.8. The van der Waals surface area contributed by atoms with Crippen LogP contribution in [0.25, 0.3) is 11.1 Å². The highest BCUT2D eigenvalue weighted by atomic mass is 16.4. The van der Waals surface area contributed by atoms with Gasteiger partial charge in [-0.25, -0.2) is 0 Å². The molecule has 2 aromatic carbocycles. The predicted molar refractivity (Wildman–Crippen MR) is 87.8 cm³/mol. The van der Waals surface area contributed by atoms with E-state index in [0.717, 1.165) is 29.7 Å². The number of carbonyl (C=O) groups is 1. The maximum atomic E-state index is 11.7. The van der Waals surface area contributed by atoms with E-state index in [1.165, 1.54) is 0 Å². The molecule has 0 spiro atoms. The smallest absolute Gasteiger partial charge is 0.312 e. The molecule has 22 heavy (non-hydrogen) atoms. The van der Waals surface area contributed by atoms with Crippen molar-refractivity contribution in [2.45, 2.75) is 18.4 Å². The van der Waals surface area contributed by atoms with Gasteiger partial charge in [-0.2, -0.15) is 0 Å². The number of nitrogens with one attached hydrogen (secondary N) is 1. The van der Waals surface area contributed by atoms with Gasteiger partial charge in [-0.3, -0.25) is 4.79 Å². The summed E-state index contributed by atoms with van der Waals surface area (Å²) in [5.74, 6) is -1.35. The molecule has 0 fully saturated rings. The van der Waals surface area contributed by atoms with Crippen molar-refractivity contribution in [2.24, 2.45) is 0 Å². The van der Waals surface area contributed by atoms with Crippen LogP contribution in [0.2, 0.25) is 0 Å². The monoisotopic (exact) mass is 293 g/mol. The first kappa shape index (κ1) is 14.5. The summed E-state index contributed by atoms with van der Waals surface area (Å²) < 4.78 is 0. The standard InChI is InChI=1S/C19H19NO2/c21-19(22)18(17-8-4-5-13-20-17)16-11-9-15(10-12-16)14-6-2-1-3-7-14/h1-4,6-12,17-18,20H,5,13H2,(H,21,22)/t17-,18-/m1/s1. The fourth-order valence-electron chi connectivity index (χ4n) is 2.89. The molecule has 0 radical (unpaired) electrons. The van der Waals surface area contributed by atoms with Gasteiger partial charge in [0.25, 0.3) is 0 Å². The highest BCUT2D eigenvalue weighted by Gasteiger charge is 2.28. The van der Waals surface area contributed by atoms with E-state index in [9.17, 15) is 9.90 Å². The molecule has 1 aliphatic heterocycles. The van der Waals surface area contributed by atoms with Crippen molar-refractivity contribution < 1.29 is 9.90 Å². The molecule has 2 aromatic rings. The minimum Gasteiger partial charge on any atom is -0.481 e. The molecule has 3 rings (SSSR count). The first-order chi connectivity index (χ1) is 10.8. The van der Waals surface area contributed by atoms with Gasteiger partial charge in [0.15, 0.2) is 0 Å². The fraction of sp³-hybridized carbons (Fsp3) is 0.211. The molecule has 0 aromatic heterocycles. The van der Waals surface area contributed by atoms with Gasteiger partial charge in [-0.1, -0.05) is 66.7 Å². The Morgan fingerprint density at radius 2 is 1.73 bits per heavy atom. The minimum absolute atomic E-state index is 0.145. The highest BCUT2D eigenvalue weighted by Crippen LogP contribution is 2.26. The van der Waals surface area contributed by atoms with Gasteiger partial charge in [0, 0.05) is 6.04 Å². The molecule has 0 amide bonds. The first-order valence-corrected chi connectivity index (χ1v) is 7.54. The number of rotatable bonds is 4. The van der Waals surface area contributed by atoms with E-state index in [2.05, 4.69) is 23.5 Å². The molecule has 0 saturated heterocycles. The van der Waals surface area contributed by atoms with E-state index in [-0.39, 0.29) is 6.04 Å². The molecule has 0 saturated carbocycles. The van der Waals surface area contributed by atoms with Gasteiger partial charge in [-0.15, -0.1) is 0 Å². The maximum absolute atomic E-state index is 11.7. The van der Waals surface area contributed by atoms with Crippen LogP contribution in [0.3, 0.4) is 0 Å². The van der Waals surface area contributed by atoms with Crippen LogP contribution in [0, 0.1) is 0 Å². The van der Waals surface area contributed by atoms with E-state index in [4.69, 9.17) is 0 Å². The predicted octanol–water partition coefficient (Wildman–Crippen LogP) is 3.44. The van der Waals surface area contributed by atoms with Gasteiger partial charge in [0.1, 0.15) is 5.92 Å². The Morgan fingerprint density at radius 3 is 2.32 bits per heavy atom. The number of hydrogen-bond donors (Lipinski definition) is 2. The summed E-state index contributed by atoms with van der Waals surface area (Å²) in [6.07, 6.45) is 4.97. The van der Waals surface area contributed by atoms with Crippen LogP contribution < -0.4 is 5.32 Å². The van der Waals surface area contributed by atoms with Gasteiger partial charge in [0.05, 0.1) is 0 Å². The van der Waals surface area contributed by atoms with Gasteiger partial charge < -0.3 is 10.4 Å². The van der Waals surface area contributed by atoms with E-state index < -0.39 is 11.9 Å². The third kappa shape index (κ3) is 3.10. The second-order valence-electron chi connectivity index (χ2n) is 5.50. The van der Waals surface area contributed by atoms with Crippen LogP contribution in [0.15, 0.2) is 66.7 Å². The summed E-state index contributed by atoms with van der Waals surface area (Å²) in [6.45, 7) is 0.826. The average molecular weight is 293 g/mol. The highest BCUT2D eigenvalue weighted by molar-refractivity contribution is 5.78. The second kappa shape index (κ2) is 6.58. The van der Waals surface area contributed by atoms with E-state index >= 15 is 0 Å². The van der Waals surface area contributed by atoms with Crippen LogP contribution in [0.4, 0.5) is 0 Å². The lowest BCUT2D eigenvalue weighted by Gasteiger charge is -2.25. The third-order valence-corrected chi connectivity index (χ3v) is 4.04. The van der Waals surface area contributed by atoms with E-state index in [1.807, 2.05) is 48.5 Å². The van der Waals surface area contributed by atoms with Crippen LogP contribution in [0.1, 0.15) is 17.9 Å². The molecular formula is C19H19NO2. The van der Waals surface area contributed by atoms with Crippen molar-refractivity contribution in [3.8, 4) is 11.1 Å². The summed E-state index contributed by atoms with van der Waals surface area (Å²) in [6, 6.07) is 17.8. The van der Waals surface area contributed by atoms with Crippen molar-refractivity contribution in [1.29, 1.82) is 0 Å². The van der Waals surface area contributed by atoms with Crippen molar-refractivity contribution in [3.63, 3.8) is 0 Å². The quantitative estimate of drug-likeness (QED) is 0.849. The molecule has 1 heterocycles. The van der Waals surface area contributed by atoms with Gasteiger partial charge in [-0.05, 0) is 29.7 Å². The van der Waals surface area contributed by atoms with Crippen molar-refractivity contribution in [1.82, 2.24) is 5.32 Å². The van der Waals surface area contributed by atoms with Crippen molar-refractivity contribution in [3.05, 3.63) is 72.3 Å². The summed E-state index contributed by atoms with van der Waals surface area (Å²) in [4.78, 5) is 11.7. The number of hydrogen-bond acceptors (Lipinski definition) is 2. The Kier molecular flexibility index (Phi) is 4.35. The third-order valence-electron chi connectivity index (χ3n) is 4.04. The molecule has 3 heteroatoms. The molecule has 0 aliphatic carbocycles. The summed E-state index contributed by atoms with van der Waals surface area (Å²) in [5, 5.41) is 12.9. The zero-order valence-corrected chi connectivity index (χ0v) is 12.3. The molecule has 0 unspecified atom stereocenters. The topological polar surface area (TPSA) is 49.3 Å². The Labute approximate surface area is 130 Å². The molecule has 0 bridgehead atoms. The molecule has 1 aliphatic rings. The minimum atomic E-state index is -0.795. The SMILES string of the molecule is O=C(O)[C@H](c1ccc(-c2ccccc2)cc1)[C@H]1C=CCCN1. The number of carboxylic acids is 1. The van der Waals surface area contributed by atoms with Crippen molar-refractivity contribution in [2.75, 3.05) is 6.54 Å². The lowest BCUT2D eigenvalue weighted by molar-refractivity contribution is -0.139. The summed E-state index contributed by atoms with van der Waals surface area (Å²) in [7, 11) is 0. The van der Waals surface area contributed by atoms with Gasteiger partial charge in [0.2, 0.25) is 0 Å².